The van der Waals surface area contributed by atoms with E-state index >= 15 is 0 Å². The second-order valence-corrected chi connectivity index (χ2v) is 4.87. The molecule has 0 amide bonds. The highest BCUT2D eigenvalue weighted by Gasteiger charge is 2.37. The molecule has 1 nitrogen and oxygen atoms in total. The summed E-state index contributed by atoms with van der Waals surface area (Å²) in [6, 6.07) is 4.36. The standard InChI is InChI=1S/C13H16F3N/c1-3-12(2)8-7-9-10(13(14,15)16)5-4-6-11(9)17-12/h4-6,17H,3,7-8H2,1-2H3. The minimum Gasteiger partial charge on any atom is -0.380 e. The Hall–Kier alpha value is -1.19. The van der Waals surface area contributed by atoms with Crippen molar-refractivity contribution in [1.29, 1.82) is 0 Å². The lowest BCUT2D eigenvalue weighted by molar-refractivity contribution is -0.138. The zero-order valence-corrected chi connectivity index (χ0v) is 9.99. The van der Waals surface area contributed by atoms with Crippen molar-refractivity contribution in [2.75, 3.05) is 5.32 Å². The van der Waals surface area contributed by atoms with Gasteiger partial charge in [0.15, 0.2) is 0 Å². The SMILES string of the molecule is CCC1(C)CCc2c(cccc2C(F)(F)F)N1. The molecular formula is C13H16F3N. The molecule has 0 saturated carbocycles. The number of rotatable bonds is 1. The summed E-state index contributed by atoms with van der Waals surface area (Å²) in [5, 5.41) is 3.24. The number of hydrogen-bond donors (Lipinski definition) is 1. The lowest BCUT2D eigenvalue weighted by Gasteiger charge is -2.37. The molecule has 94 valence electrons. The van der Waals surface area contributed by atoms with Crippen molar-refractivity contribution in [1.82, 2.24) is 0 Å². The third-order valence-corrected chi connectivity index (χ3v) is 3.62. The first-order valence-electron chi connectivity index (χ1n) is 5.83. The molecule has 0 aromatic heterocycles. The second-order valence-electron chi connectivity index (χ2n) is 4.87. The van der Waals surface area contributed by atoms with Crippen LogP contribution in [-0.4, -0.2) is 5.54 Å². The number of benzene rings is 1. The van der Waals surface area contributed by atoms with Crippen LogP contribution in [0, 0.1) is 0 Å². The molecular weight excluding hydrogens is 227 g/mol. The third kappa shape index (κ3) is 2.26. The summed E-state index contributed by atoms with van der Waals surface area (Å²) < 4.78 is 38.5. The van der Waals surface area contributed by atoms with Gasteiger partial charge in [-0.25, -0.2) is 0 Å². The Morgan fingerprint density at radius 2 is 2.06 bits per heavy atom. The van der Waals surface area contributed by atoms with E-state index in [0.717, 1.165) is 18.9 Å². The minimum atomic E-state index is -4.26. The number of hydrogen-bond acceptors (Lipinski definition) is 1. The molecule has 0 fully saturated rings. The van der Waals surface area contributed by atoms with Gasteiger partial charge in [-0.3, -0.25) is 0 Å². The second kappa shape index (κ2) is 3.93. The summed E-state index contributed by atoms with van der Waals surface area (Å²) in [4.78, 5) is 0. The lowest BCUT2D eigenvalue weighted by Crippen LogP contribution is -2.38. The normalized spacial score (nSPS) is 24.1. The van der Waals surface area contributed by atoms with Crippen LogP contribution < -0.4 is 5.32 Å². The Balaban J connectivity index is 2.43. The van der Waals surface area contributed by atoms with Gasteiger partial charge in [0.25, 0.3) is 0 Å². The van der Waals surface area contributed by atoms with E-state index in [-0.39, 0.29) is 5.54 Å². The highest BCUT2D eigenvalue weighted by molar-refractivity contribution is 5.59. The van der Waals surface area contributed by atoms with E-state index in [1.807, 2.05) is 6.92 Å². The van der Waals surface area contributed by atoms with E-state index < -0.39 is 11.7 Å². The highest BCUT2D eigenvalue weighted by Crippen LogP contribution is 2.40. The van der Waals surface area contributed by atoms with Crippen molar-refractivity contribution in [3.8, 4) is 0 Å². The molecule has 0 aliphatic carbocycles. The molecule has 1 aromatic carbocycles. The average Bonchev–Trinajstić information content (AvgIpc) is 2.26. The number of nitrogens with one attached hydrogen (secondary N) is 1. The van der Waals surface area contributed by atoms with Gasteiger partial charge >= 0.3 is 6.18 Å². The lowest BCUT2D eigenvalue weighted by atomic mass is 9.84. The summed E-state index contributed by atoms with van der Waals surface area (Å²) in [5.74, 6) is 0. The van der Waals surface area contributed by atoms with Gasteiger partial charge in [-0.05, 0) is 43.9 Å². The highest BCUT2D eigenvalue weighted by atomic mass is 19.4. The fourth-order valence-corrected chi connectivity index (χ4v) is 2.29. The zero-order valence-electron chi connectivity index (χ0n) is 9.99. The number of fused-ring (bicyclic) bond motifs is 1. The van der Waals surface area contributed by atoms with Crippen molar-refractivity contribution in [2.24, 2.45) is 0 Å². The Morgan fingerprint density at radius 3 is 2.65 bits per heavy atom. The third-order valence-electron chi connectivity index (χ3n) is 3.62. The van der Waals surface area contributed by atoms with Crippen molar-refractivity contribution in [3.63, 3.8) is 0 Å². The Labute approximate surface area is 99.0 Å². The maximum atomic E-state index is 12.8. The molecule has 1 aromatic rings. The smallest absolute Gasteiger partial charge is 0.380 e. The molecule has 1 aliphatic rings. The Morgan fingerprint density at radius 1 is 1.35 bits per heavy atom. The van der Waals surface area contributed by atoms with Gasteiger partial charge in [0.05, 0.1) is 5.56 Å². The van der Waals surface area contributed by atoms with Crippen molar-refractivity contribution >= 4 is 5.69 Å². The largest absolute Gasteiger partial charge is 0.416 e. The molecule has 0 saturated heterocycles. The quantitative estimate of drug-likeness (QED) is 0.778. The number of halogens is 3. The summed E-state index contributed by atoms with van der Waals surface area (Å²) >= 11 is 0. The van der Waals surface area contributed by atoms with Gasteiger partial charge in [0, 0.05) is 11.2 Å². The van der Waals surface area contributed by atoms with Crippen LogP contribution in [0.1, 0.15) is 37.8 Å². The van der Waals surface area contributed by atoms with Gasteiger partial charge in [-0.2, -0.15) is 13.2 Å². The number of anilines is 1. The molecule has 0 bridgehead atoms. The van der Waals surface area contributed by atoms with Crippen LogP contribution in [0.3, 0.4) is 0 Å². The molecule has 1 aliphatic heterocycles. The Bertz CT molecular complexity index is 425. The molecule has 1 atom stereocenters. The first kappa shape index (κ1) is 12.3. The minimum absolute atomic E-state index is 0.0861. The van der Waals surface area contributed by atoms with E-state index in [0.29, 0.717) is 17.7 Å². The molecule has 17 heavy (non-hydrogen) atoms. The van der Waals surface area contributed by atoms with Crippen LogP contribution in [0.25, 0.3) is 0 Å². The fourth-order valence-electron chi connectivity index (χ4n) is 2.29. The summed E-state index contributed by atoms with van der Waals surface area (Å²) in [7, 11) is 0. The maximum Gasteiger partial charge on any atom is 0.416 e. The van der Waals surface area contributed by atoms with Gasteiger partial charge in [-0.15, -0.1) is 0 Å². The topological polar surface area (TPSA) is 12.0 Å². The van der Waals surface area contributed by atoms with Gasteiger partial charge < -0.3 is 5.32 Å². The summed E-state index contributed by atoms with van der Waals surface area (Å²) in [6.07, 6.45) is -2.12. The van der Waals surface area contributed by atoms with Crippen LogP contribution in [0.2, 0.25) is 0 Å². The van der Waals surface area contributed by atoms with Crippen LogP contribution in [0.15, 0.2) is 18.2 Å². The van der Waals surface area contributed by atoms with Crippen LogP contribution >= 0.6 is 0 Å². The van der Waals surface area contributed by atoms with Gasteiger partial charge in [0.2, 0.25) is 0 Å². The first-order chi connectivity index (χ1) is 7.86. The van der Waals surface area contributed by atoms with Crippen LogP contribution in [-0.2, 0) is 12.6 Å². The predicted molar refractivity (Wildman–Crippen MR) is 62.1 cm³/mol. The molecule has 1 unspecified atom stereocenters. The van der Waals surface area contributed by atoms with E-state index in [9.17, 15) is 13.2 Å². The van der Waals surface area contributed by atoms with E-state index in [1.54, 1.807) is 6.07 Å². The van der Waals surface area contributed by atoms with Crippen molar-refractivity contribution in [3.05, 3.63) is 29.3 Å². The maximum absolute atomic E-state index is 12.8. The van der Waals surface area contributed by atoms with Crippen molar-refractivity contribution in [2.45, 2.75) is 44.8 Å². The predicted octanol–water partition coefficient (Wildman–Crippen LogP) is 4.23. The molecule has 0 spiro atoms. The molecule has 1 heterocycles. The van der Waals surface area contributed by atoms with E-state index in [1.165, 1.54) is 6.07 Å². The zero-order chi connectivity index (χ0) is 12.7. The van der Waals surface area contributed by atoms with Gasteiger partial charge in [0.1, 0.15) is 0 Å². The summed E-state index contributed by atoms with van der Waals surface area (Å²) in [5.41, 5.74) is 0.457. The first-order valence-corrected chi connectivity index (χ1v) is 5.83. The van der Waals surface area contributed by atoms with E-state index in [4.69, 9.17) is 0 Å². The fraction of sp³-hybridized carbons (Fsp3) is 0.538. The monoisotopic (exact) mass is 243 g/mol. The van der Waals surface area contributed by atoms with Crippen LogP contribution in [0.5, 0.6) is 0 Å². The van der Waals surface area contributed by atoms with Crippen molar-refractivity contribution < 1.29 is 13.2 Å². The average molecular weight is 243 g/mol. The molecule has 1 N–H and O–H groups in total. The van der Waals surface area contributed by atoms with Crippen LogP contribution in [0.4, 0.5) is 18.9 Å². The molecule has 0 radical (unpaired) electrons. The van der Waals surface area contributed by atoms with E-state index in [2.05, 4.69) is 12.2 Å². The van der Waals surface area contributed by atoms with Gasteiger partial charge in [-0.1, -0.05) is 13.0 Å². The Kier molecular flexibility index (Phi) is 2.84. The summed E-state index contributed by atoms with van der Waals surface area (Å²) in [6.45, 7) is 4.10. The number of alkyl halides is 3. The molecule has 4 heteroatoms. The molecule has 2 rings (SSSR count).